The zero-order valence-corrected chi connectivity index (χ0v) is 9.12. The van der Waals surface area contributed by atoms with Gasteiger partial charge in [0.15, 0.2) is 0 Å². The Labute approximate surface area is 84.7 Å². The van der Waals surface area contributed by atoms with E-state index in [2.05, 4.69) is 30.8 Å². The molecule has 1 aromatic rings. The molecule has 1 aliphatic heterocycles. The van der Waals surface area contributed by atoms with Crippen LogP contribution in [0, 0.1) is 0 Å². The van der Waals surface area contributed by atoms with E-state index >= 15 is 0 Å². The molecule has 1 aromatic heterocycles. The molecule has 0 saturated carbocycles. The number of nitrogens with zero attached hydrogens (tertiary/aromatic N) is 3. The zero-order chi connectivity index (χ0) is 10.3. The predicted octanol–water partition coefficient (Wildman–Crippen LogP) is 1.38. The van der Waals surface area contributed by atoms with Crippen molar-refractivity contribution in [2.24, 2.45) is 0 Å². The molecule has 0 aliphatic carbocycles. The minimum atomic E-state index is 0.357. The normalized spacial score (nSPS) is 16.6. The summed E-state index contributed by atoms with van der Waals surface area (Å²) < 4.78 is 1.93. The van der Waals surface area contributed by atoms with Crippen molar-refractivity contribution in [2.75, 3.05) is 12.3 Å². The first-order valence-electron chi connectivity index (χ1n) is 5.21. The predicted molar refractivity (Wildman–Crippen MR) is 56.8 cm³/mol. The molecule has 78 valence electrons. The lowest BCUT2D eigenvalue weighted by molar-refractivity contribution is 0.294. The second-order valence-corrected chi connectivity index (χ2v) is 4.15. The molecule has 2 heterocycles. The third-order valence-electron chi connectivity index (χ3n) is 2.82. The quantitative estimate of drug-likeness (QED) is 0.773. The van der Waals surface area contributed by atoms with Crippen molar-refractivity contribution in [1.82, 2.24) is 14.7 Å². The van der Waals surface area contributed by atoms with E-state index in [4.69, 9.17) is 5.73 Å². The van der Waals surface area contributed by atoms with Gasteiger partial charge < -0.3 is 5.73 Å². The Balaban J connectivity index is 2.32. The van der Waals surface area contributed by atoms with Crippen LogP contribution in [-0.2, 0) is 13.1 Å². The highest BCUT2D eigenvalue weighted by atomic mass is 15.4. The lowest BCUT2D eigenvalue weighted by atomic mass is 10.3. The fourth-order valence-corrected chi connectivity index (χ4v) is 1.94. The van der Waals surface area contributed by atoms with Gasteiger partial charge in [0, 0.05) is 24.7 Å². The van der Waals surface area contributed by atoms with Crippen LogP contribution in [0.1, 0.15) is 38.1 Å². The Kier molecular flexibility index (Phi) is 2.23. The van der Waals surface area contributed by atoms with E-state index < -0.39 is 0 Å². The Morgan fingerprint density at radius 2 is 2.14 bits per heavy atom. The van der Waals surface area contributed by atoms with Crippen LogP contribution in [0.4, 0.5) is 5.82 Å². The number of nitrogens with two attached hydrogens (primary N) is 1. The first kappa shape index (κ1) is 9.52. The third-order valence-corrected chi connectivity index (χ3v) is 2.82. The average Bonchev–Trinajstić information content (AvgIpc) is 2.65. The molecule has 2 N–H and O–H groups in total. The molecule has 4 heteroatoms. The van der Waals surface area contributed by atoms with E-state index in [-0.39, 0.29) is 0 Å². The van der Waals surface area contributed by atoms with Crippen molar-refractivity contribution in [2.45, 2.75) is 39.9 Å². The fraction of sp³-hybridized carbons (Fsp3) is 0.700. The van der Waals surface area contributed by atoms with Crippen molar-refractivity contribution < 1.29 is 0 Å². The topological polar surface area (TPSA) is 47.1 Å². The molecule has 0 saturated heterocycles. The standard InChI is InChI=1S/C10H18N4/c1-4-13-5-8-9(6-13)12-14(7(2)3)10(8)11/h7H,4-6,11H2,1-3H3. The molecule has 0 aromatic carbocycles. The van der Waals surface area contributed by atoms with E-state index in [1.165, 1.54) is 5.56 Å². The molecule has 0 unspecified atom stereocenters. The minimum Gasteiger partial charge on any atom is -0.384 e. The molecule has 0 fully saturated rings. The lowest BCUT2D eigenvalue weighted by Gasteiger charge is -2.13. The number of hydrogen-bond acceptors (Lipinski definition) is 3. The van der Waals surface area contributed by atoms with Crippen LogP contribution in [0.5, 0.6) is 0 Å². The van der Waals surface area contributed by atoms with Crippen molar-refractivity contribution in [3.63, 3.8) is 0 Å². The number of rotatable bonds is 2. The molecule has 4 nitrogen and oxygen atoms in total. The molecular weight excluding hydrogens is 176 g/mol. The van der Waals surface area contributed by atoms with Crippen LogP contribution in [0.15, 0.2) is 0 Å². The summed E-state index contributed by atoms with van der Waals surface area (Å²) >= 11 is 0. The smallest absolute Gasteiger partial charge is 0.126 e. The minimum absolute atomic E-state index is 0.357. The summed E-state index contributed by atoms with van der Waals surface area (Å²) in [5, 5.41) is 4.54. The van der Waals surface area contributed by atoms with Gasteiger partial charge in [-0.25, -0.2) is 4.68 Å². The molecular formula is C10H18N4. The van der Waals surface area contributed by atoms with Crippen LogP contribution in [0.3, 0.4) is 0 Å². The molecule has 1 aliphatic rings. The van der Waals surface area contributed by atoms with Crippen LogP contribution in [-0.4, -0.2) is 21.2 Å². The maximum Gasteiger partial charge on any atom is 0.126 e. The molecule has 0 amide bonds. The van der Waals surface area contributed by atoms with Gasteiger partial charge in [0.2, 0.25) is 0 Å². The van der Waals surface area contributed by atoms with E-state index in [1.54, 1.807) is 0 Å². The highest BCUT2D eigenvalue weighted by Gasteiger charge is 2.25. The third kappa shape index (κ3) is 1.30. The van der Waals surface area contributed by atoms with Crippen molar-refractivity contribution in [3.05, 3.63) is 11.3 Å². The number of aromatic nitrogens is 2. The number of nitrogen functional groups attached to an aromatic ring is 1. The van der Waals surface area contributed by atoms with Gasteiger partial charge in [0.05, 0.1) is 5.69 Å². The number of fused-ring (bicyclic) bond motifs is 1. The molecule has 0 spiro atoms. The maximum atomic E-state index is 6.05. The Morgan fingerprint density at radius 3 is 2.64 bits per heavy atom. The lowest BCUT2D eigenvalue weighted by Crippen LogP contribution is -2.18. The van der Waals surface area contributed by atoms with E-state index in [0.29, 0.717) is 6.04 Å². The van der Waals surface area contributed by atoms with E-state index in [1.807, 2.05) is 4.68 Å². The van der Waals surface area contributed by atoms with Crippen LogP contribution in [0.2, 0.25) is 0 Å². The van der Waals surface area contributed by atoms with Gasteiger partial charge in [-0.15, -0.1) is 0 Å². The molecule has 0 radical (unpaired) electrons. The van der Waals surface area contributed by atoms with Crippen LogP contribution in [0.25, 0.3) is 0 Å². The highest BCUT2D eigenvalue weighted by molar-refractivity contribution is 5.45. The molecule has 0 atom stereocenters. The van der Waals surface area contributed by atoms with E-state index in [9.17, 15) is 0 Å². The summed E-state index contributed by atoms with van der Waals surface area (Å²) in [5.74, 6) is 0.853. The second-order valence-electron chi connectivity index (χ2n) is 4.15. The molecule has 0 bridgehead atoms. The number of anilines is 1. The van der Waals surface area contributed by atoms with Crippen LogP contribution < -0.4 is 5.73 Å². The number of hydrogen-bond donors (Lipinski definition) is 1. The van der Waals surface area contributed by atoms with Crippen LogP contribution >= 0.6 is 0 Å². The van der Waals surface area contributed by atoms with Gasteiger partial charge in [0.25, 0.3) is 0 Å². The zero-order valence-electron chi connectivity index (χ0n) is 9.12. The maximum absolute atomic E-state index is 6.05. The van der Waals surface area contributed by atoms with Crippen molar-refractivity contribution in [3.8, 4) is 0 Å². The van der Waals surface area contributed by atoms with Gasteiger partial charge in [-0.3, -0.25) is 4.90 Å². The van der Waals surface area contributed by atoms with Crippen molar-refractivity contribution >= 4 is 5.82 Å². The largest absolute Gasteiger partial charge is 0.384 e. The Bertz CT molecular complexity index is 340. The molecule has 14 heavy (non-hydrogen) atoms. The summed E-state index contributed by atoms with van der Waals surface area (Å²) in [5.41, 5.74) is 8.45. The van der Waals surface area contributed by atoms with E-state index in [0.717, 1.165) is 31.1 Å². The van der Waals surface area contributed by atoms with Gasteiger partial charge in [-0.2, -0.15) is 5.10 Å². The van der Waals surface area contributed by atoms with Gasteiger partial charge in [0.1, 0.15) is 5.82 Å². The SMILES string of the molecule is CCN1Cc2nn(C(C)C)c(N)c2C1. The van der Waals surface area contributed by atoms with Gasteiger partial charge >= 0.3 is 0 Å². The van der Waals surface area contributed by atoms with Gasteiger partial charge in [-0.05, 0) is 20.4 Å². The summed E-state index contributed by atoms with van der Waals surface area (Å²) in [6.45, 7) is 9.36. The summed E-state index contributed by atoms with van der Waals surface area (Å²) in [6.07, 6.45) is 0. The molecule has 2 rings (SSSR count). The first-order valence-corrected chi connectivity index (χ1v) is 5.21. The monoisotopic (exact) mass is 194 g/mol. The Hall–Kier alpha value is -1.03. The Morgan fingerprint density at radius 1 is 1.43 bits per heavy atom. The second kappa shape index (κ2) is 3.28. The summed E-state index contributed by atoms with van der Waals surface area (Å²) in [4.78, 5) is 2.35. The summed E-state index contributed by atoms with van der Waals surface area (Å²) in [6, 6.07) is 0.357. The summed E-state index contributed by atoms with van der Waals surface area (Å²) in [7, 11) is 0. The van der Waals surface area contributed by atoms with Gasteiger partial charge in [-0.1, -0.05) is 6.92 Å². The fourth-order valence-electron chi connectivity index (χ4n) is 1.94. The average molecular weight is 194 g/mol. The highest BCUT2D eigenvalue weighted by Crippen LogP contribution is 2.28. The van der Waals surface area contributed by atoms with Crippen molar-refractivity contribution in [1.29, 1.82) is 0 Å². The first-order chi connectivity index (χ1) is 6.63.